The minimum Gasteiger partial charge on any atom is -0.397 e. The van der Waals surface area contributed by atoms with E-state index < -0.39 is 0 Å². The largest absolute Gasteiger partial charge is 0.397 e. The molecule has 0 atom stereocenters. The fourth-order valence-corrected chi connectivity index (χ4v) is 2.48. The Morgan fingerprint density at radius 1 is 1.19 bits per heavy atom. The van der Waals surface area contributed by atoms with Gasteiger partial charge in [-0.25, -0.2) is 0 Å². The van der Waals surface area contributed by atoms with E-state index in [9.17, 15) is 5.11 Å². The Balaban J connectivity index is 1.96. The van der Waals surface area contributed by atoms with E-state index in [1.165, 1.54) is 5.56 Å². The van der Waals surface area contributed by atoms with Crippen LogP contribution in [-0.4, -0.2) is 28.5 Å². The van der Waals surface area contributed by atoms with E-state index in [4.69, 9.17) is 5.73 Å². The molecule has 2 aromatic carbocycles. The van der Waals surface area contributed by atoms with E-state index >= 15 is 0 Å². The Bertz CT molecular complexity index is 723. The second-order valence-corrected chi connectivity index (χ2v) is 5.00. The predicted molar refractivity (Wildman–Crippen MR) is 85.1 cm³/mol. The second kappa shape index (κ2) is 5.85. The van der Waals surface area contributed by atoms with Crippen LogP contribution < -0.4 is 10.6 Å². The first-order chi connectivity index (χ1) is 10.3. The molecule has 1 aromatic heterocycles. The SMILES string of the molecule is Nc1cc2cn[nH]c2cc1N(CCO)Cc1ccccc1. The van der Waals surface area contributed by atoms with Gasteiger partial charge < -0.3 is 15.7 Å². The Morgan fingerprint density at radius 2 is 2.00 bits per heavy atom. The Kier molecular flexibility index (Phi) is 3.75. The summed E-state index contributed by atoms with van der Waals surface area (Å²) in [7, 11) is 0. The van der Waals surface area contributed by atoms with Crippen molar-refractivity contribution < 1.29 is 5.11 Å². The van der Waals surface area contributed by atoms with Crippen LogP contribution >= 0.6 is 0 Å². The van der Waals surface area contributed by atoms with Gasteiger partial charge in [-0.05, 0) is 17.7 Å². The molecule has 0 aliphatic carbocycles. The number of nitrogens with one attached hydrogen (secondary N) is 1. The molecule has 5 nitrogen and oxygen atoms in total. The lowest BCUT2D eigenvalue weighted by atomic mass is 10.1. The van der Waals surface area contributed by atoms with Gasteiger partial charge in [-0.2, -0.15) is 5.10 Å². The molecular formula is C16H18N4O. The molecular weight excluding hydrogens is 264 g/mol. The van der Waals surface area contributed by atoms with E-state index in [-0.39, 0.29) is 6.61 Å². The van der Waals surface area contributed by atoms with E-state index in [0.29, 0.717) is 18.8 Å². The number of nitrogen functional groups attached to an aromatic ring is 1. The summed E-state index contributed by atoms with van der Waals surface area (Å²) in [4.78, 5) is 2.07. The van der Waals surface area contributed by atoms with Crippen molar-refractivity contribution in [3.8, 4) is 0 Å². The number of aromatic nitrogens is 2. The van der Waals surface area contributed by atoms with Crippen molar-refractivity contribution in [2.24, 2.45) is 0 Å². The normalized spacial score (nSPS) is 10.9. The lowest BCUT2D eigenvalue weighted by Gasteiger charge is -2.25. The topological polar surface area (TPSA) is 78.2 Å². The molecule has 0 radical (unpaired) electrons. The minimum atomic E-state index is 0.0767. The van der Waals surface area contributed by atoms with Crippen molar-refractivity contribution in [3.63, 3.8) is 0 Å². The van der Waals surface area contributed by atoms with Gasteiger partial charge in [0.2, 0.25) is 0 Å². The van der Waals surface area contributed by atoms with Gasteiger partial charge in [0.25, 0.3) is 0 Å². The number of aliphatic hydroxyl groups is 1. The van der Waals surface area contributed by atoms with Crippen LogP contribution in [0.25, 0.3) is 10.9 Å². The molecule has 0 saturated heterocycles. The fraction of sp³-hybridized carbons (Fsp3) is 0.188. The van der Waals surface area contributed by atoms with Crippen LogP contribution in [0.1, 0.15) is 5.56 Å². The summed E-state index contributed by atoms with van der Waals surface area (Å²) in [5.41, 5.74) is 9.88. The van der Waals surface area contributed by atoms with Gasteiger partial charge in [0.15, 0.2) is 0 Å². The Morgan fingerprint density at radius 3 is 2.76 bits per heavy atom. The predicted octanol–water partition coefficient (Wildman–Crippen LogP) is 2.14. The number of hydrogen-bond acceptors (Lipinski definition) is 4. The van der Waals surface area contributed by atoms with Crippen molar-refractivity contribution in [1.29, 1.82) is 0 Å². The number of aliphatic hydroxyl groups excluding tert-OH is 1. The highest BCUT2D eigenvalue weighted by molar-refractivity contribution is 5.88. The number of hydrogen-bond donors (Lipinski definition) is 3. The van der Waals surface area contributed by atoms with E-state index in [1.54, 1.807) is 6.20 Å². The smallest absolute Gasteiger partial charge is 0.0672 e. The van der Waals surface area contributed by atoms with E-state index in [2.05, 4.69) is 27.2 Å². The molecule has 0 aliphatic rings. The number of anilines is 2. The summed E-state index contributed by atoms with van der Waals surface area (Å²) in [6.45, 7) is 1.30. The third-order valence-electron chi connectivity index (χ3n) is 3.51. The third kappa shape index (κ3) is 2.83. The molecule has 0 unspecified atom stereocenters. The third-order valence-corrected chi connectivity index (χ3v) is 3.51. The lowest BCUT2D eigenvalue weighted by molar-refractivity contribution is 0.301. The summed E-state index contributed by atoms with van der Waals surface area (Å²) in [5.74, 6) is 0. The van der Waals surface area contributed by atoms with Gasteiger partial charge in [-0.15, -0.1) is 0 Å². The first kappa shape index (κ1) is 13.5. The molecule has 0 amide bonds. The van der Waals surface area contributed by atoms with Crippen molar-refractivity contribution in [2.75, 3.05) is 23.8 Å². The summed E-state index contributed by atoms with van der Waals surface area (Å²) >= 11 is 0. The van der Waals surface area contributed by atoms with Crippen LogP contribution in [0.15, 0.2) is 48.7 Å². The van der Waals surface area contributed by atoms with Crippen LogP contribution in [0.3, 0.4) is 0 Å². The number of nitrogens with zero attached hydrogens (tertiary/aromatic N) is 2. The summed E-state index contributed by atoms with van der Waals surface area (Å²) in [6.07, 6.45) is 1.75. The van der Waals surface area contributed by atoms with Crippen molar-refractivity contribution in [1.82, 2.24) is 10.2 Å². The number of rotatable bonds is 5. The first-order valence-corrected chi connectivity index (χ1v) is 6.90. The zero-order chi connectivity index (χ0) is 14.7. The molecule has 5 heteroatoms. The summed E-state index contributed by atoms with van der Waals surface area (Å²) in [6, 6.07) is 14.0. The van der Waals surface area contributed by atoms with Gasteiger partial charge in [0.1, 0.15) is 0 Å². The average Bonchev–Trinajstić information content (AvgIpc) is 2.94. The van der Waals surface area contributed by atoms with Crippen LogP contribution in [0.5, 0.6) is 0 Å². The maximum atomic E-state index is 9.34. The lowest BCUT2D eigenvalue weighted by Crippen LogP contribution is -2.26. The summed E-state index contributed by atoms with van der Waals surface area (Å²) < 4.78 is 0. The molecule has 0 bridgehead atoms. The molecule has 0 fully saturated rings. The van der Waals surface area contributed by atoms with Crippen molar-refractivity contribution in [3.05, 3.63) is 54.2 Å². The first-order valence-electron chi connectivity index (χ1n) is 6.90. The highest BCUT2D eigenvalue weighted by Crippen LogP contribution is 2.29. The number of nitrogens with two attached hydrogens (primary N) is 1. The molecule has 1 heterocycles. The molecule has 0 aliphatic heterocycles. The molecule has 21 heavy (non-hydrogen) atoms. The quantitative estimate of drug-likeness (QED) is 0.627. The van der Waals surface area contributed by atoms with Gasteiger partial charge >= 0.3 is 0 Å². The second-order valence-electron chi connectivity index (χ2n) is 5.00. The Labute approximate surface area is 123 Å². The fourth-order valence-electron chi connectivity index (χ4n) is 2.48. The highest BCUT2D eigenvalue weighted by atomic mass is 16.3. The highest BCUT2D eigenvalue weighted by Gasteiger charge is 2.12. The number of H-pyrrole nitrogens is 1. The minimum absolute atomic E-state index is 0.0767. The molecule has 0 saturated carbocycles. The van der Waals surface area contributed by atoms with Crippen molar-refractivity contribution in [2.45, 2.75) is 6.54 Å². The average molecular weight is 282 g/mol. The number of fused-ring (bicyclic) bond motifs is 1. The number of aromatic amines is 1. The molecule has 4 N–H and O–H groups in total. The van der Waals surface area contributed by atoms with Gasteiger partial charge in [-0.3, -0.25) is 5.10 Å². The van der Waals surface area contributed by atoms with Gasteiger partial charge in [-0.1, -0.05) is 30.3 Å². The molecule has 108 valence electrons. The van der Waals surface area contributed by atoms with E-state index in [0.717, 1.165) is 16.6 Å². The summed E-state index contributed by atoms with van der Waals surface area (Å²) in [5, 5.41) is 17.3. The molecule has 3 rings (SSSR count). The van der Waals surface area contributed by atoms with E-state index in [1.807, 2.05) is 30.3 Å². The van der Waals surface area contributed by atoms with Gasteiger partial charge in [0, 0.05) is 18.5 Å². The maximum absolute atomic E-state index is 9.34. The molecule has 0 spiro atoms. The zero-order valence-corrected chi connectivity index (χ0v) is 11.7. The number of benzene rings is 2. The van der Waals surface area contributed by atoms with Crippen molar-refractivity contribution >= 4 is 22.3 Å². The Hall–Kier alpha value is -2.53. The molecule has 3 aromatic rings. The van der Waals surface area contributed by atoms with Crippen LogP contribution in [-0.2, 0) is 6.54 Å². The van der Waals surface area contributed by atoms with Crippen LogP contribution in [0.4, 0.5) is 11.4 Å². The van der Waals surface area contributed by atoms with Crippen LogP contribution in [0, 0.1) is 0 Å². The van der Waals surface area contributed by atoms with Gasteiger partial charge in [0.05, 0.1) is 29.7 Å². The maximum Gasteiger partial charge on any atom is 0.0672 e. The standard InChI is InChI=1S/C16H18N4O/c17-14-8-13-10-18-19-15(13)9-16(14)20(6-7-21)11-12-4-2-1-3-5-12/h1-5,8-10,21H,6-7,11,17H2,(H,18,19). The monoisotopic (exact) mass is 282 g/mol. The van der Waals surface area contributed by atoms with Crippen LogP contribution in [0.2, 0.25) is 0 Å². The zero-order valence-electron chi connectivity index (χ0n) is 11.7.